The average Bonchev–Trinajstić information content (AvgIpc) is 3.01. The van der Waals surface area contributed by atoms with Crippen molar-refractivity contribution in [3.63, 3.8) is 0 Å². The number of fused-ring (bicyclic) bond motifs is 1. The summed E-state index contributed by atoms with van der Waals surface area (Å²) in [5, 5.41) is 1.06. The van der Waals surface area contributed by atoms with E-state index < -0.39 is 0 Å². The summed E-state index contributed by atoms with van der Waals surface area (Å²) in [5.41, 5.74) is 5.32. The van der Waals surface area contributed by atoms with E-state index in [1.165, 1.54) is 11.6 Å². The van der Waals surface area contributed by atoms with E-state index in [-0.39, 0.29) is 5.78 Å². The van der Waals surface area contributed by atoms with E-state index >= 15 is 0 Å². The van der Waals surface area contributed by atoms with E-state index in [4.69, 9.17) is 0 Å². The molecule has 1 N–H and O–H groups in total. The number of nitrogens with one attached hydrogen (secondary N) is 1. The third kappa shape index (κ3) is 3.61. The minimum atomic E-state index is 0.126. The third-order valence-electron chi connectivity index (χ3n) is 5.29. The molecule has 0 saturated carbocycles. The van der Waals surface area contributed by atoms with Crippen molar-refractivity contribution < 1.29 is 4.79 Å². The number of H-pyrrole nitrogens is 1. The smallest absolute Gasteiger partial charge is 0.155 e. The van der Waals surface area contributed by atoms with Gasteiger partial charge in [0.25, 0.3) is 0 Å². The fourth-order valence-corrected chi connectivity index (χ4v) is 3.97. The van der Waals surface area contributed by atoms with Gasteiger partial charge in [0.05, 0.1) is 11.1 Å². The monoisotopic (exact) mass is 357 g/mol. The fraction of sp³-hybridized carbons (Fsp3) is 0.261. The van der Waals surface area contributed by atoms with Crippen LogP contribution in [0.15, 0.2) is 61.6 Å². The average molecular weight is 357 g/mol. The second-order valence-corrected chi connectivity index (χ2v) is 7.12. The van der Waals surface area contributed by atoms with Crippen LogP contribution in [0.5, 0.6) is 0 Å². The molecule has 136 valence electrons. The summed E-state index contributed by atoms with van der Waals surface area (Å²) in [6.07, 6.45) is 12.0. The molecule has 1 aliphatic rings. The van der Waals surface area contributed by atoms with Crippen molar-refractivity contribution in [2.75, 3.05) is 0 Å². The molecule has 0 aliphatic heterocycles. The standard InChI is InChI=1S/C23H23N3O/c1-2-19(27)13-16-8-6-7-11-18(12-16)22-21-20(17-9-4-3-5-10-17)14-24-23(21)26-15-25-22/h2-5,9-11,14-16H,1,6-8,12-13H2,(H,24,25,26). The van der Waals surface area contributed by atoms with E-state index in [0.29, 0.717) is 12.3 Å². The maximum Gasteiger partial charge on any atom is 0.155 e. The van der Waals surface area contributed by atoms with Crippen LogP contribution in [-0.2, 0) is 4.79 Å². The second-order valence-electron chi connectivity index (χ2n) is 7.12. The molecular weight excluding hydrogens is 334 g/mol. The van der Waals surface area contributed by atoms with Gasteiger partial charge in [-0.2, -0.15) is 0 Å². The van der Waals surface area contributed by atoms with Gasteiger partial charge in [-0.1, -0.05) is 43.0 Å². The van der Waals surface area contributed by atoms with Crippen LogP contribution in [-0.4, -0.2) is 20.7 Å². The van der Waals surface area contributed by atoms with Crippen molar-refractivity contribution in [2.45, 2.75) is 32.1 Å². The topological polar surface area (TPSA) is 58.6 Å². The van der Waals surface area contributed by atoms with Crippen LogP contribution in [0, 0.1) is 5.92 Å². The van der Waals surface area contributed by atoms with Crippen LogP contribution in [0.3, 0.4) is 0 Å². The summed E-state index contributed by atoms with van der Waals surface area (Å²) in [7, 11) is 0. The number of ketones is 1. The van der Waals surface area contributed by atoms with E-state index in [9.17, 15) is 4.79 Å². The molecule has 2 heterocycles. The Morgan fingerprint density at radius 2 is 2.11 bits per heavy atom. The van der Waals surface area contributed by atoms with Crippen molar-refractivity contribution in [1.29, 1.82) is 0 Å². The van der Waals surface area contributed by atoms with Crippen molar-refractivity contribution in [3.8, 4) is 11.1 Å². The molecule has 0 bridgehead atoms. The molecule has 0 amide bonds. The highest BCUT2D eigenvalue weighted by atomic mass is 16.1. The molecule has 1 aliphatic carbocycles. The Bertz CT molecular complexity index is 1000. The maximum atomic E-state index is 11.9. The van der Waals surface area contributed by atoms with Gasteiger partial charge in [-0.3, -0.25) is 4.79 Å². The number of hydrogen-bond acceptors (Lipinski definition) is 3. The quantitative estimate of drug-likeness (QED) is 0.627. The number of rotatable bonds is 5. The van der Waals surface area contributed by atoms with E-state index in [2.05, 4.69) is 39.7 Å². The van der Waals surface area contributed by atoms with Gasteiger partial charge in [-0.05, 0) is 48.8 Å². The van der Waals surface area contributed by atoms with Gasteiger partial charge in [0, 0.05) is 18.2 Å². The Labute approximate surface area is 159 Å². The number of carbonyl (C=O) groups excluding carboxylic acids is 1. The van der Waals surface area contributed by atoms with Crippen LogP contribution in [0.25, 0.3) is 27.7 Å². The Hall–Kier alpha value is -3.01. The number of benzene rings is 1. The van der Waals surface area contributed by atoms with Crippen LogP contribution in [0.4, 0.5) is 0 Å². The highest BCUT2D eigenvalue weighted by Gasteiger charge is 2.21. The minimum absolute atomic E-state index is 0.126. The van der Waals surface area contributed by atoms with Crippen molar-refractivity contribution in [2.24, 2.45) is 5.92 Å². The Kier molecular flexibility index (Phi) is 4.97. The first-order valence-electron chi connectivity index (χ1n) is 9.48. The highest BCUT2D eigenvalue weighted by Crippen LogP contribution is 2.37. The lowest BCUT2D eigenvalue weighted by Gasteiger charge is -2.15. The number of allylic oxidation sites excluding steroid dienone is 3. The van der Waals surface area contributed by atoms with Gasteiger partial charge in [0.15, 0.2) is 5.78 Å². The lowest BCUT2D eigenvalue weighted by Crippen LogP contribution is -2.07. The van der Waals surface area contributed by atoms with Gasteiger partial charge in [-0.25, -0.2) is 9.97 Å². The zero-order valence-corrected chi connectivity index (χ0v) is 15.3. The molecule has 0 spiro atoms. The molecule has 4 nitrogen and oxygen atoms in total. The van der Waals surface area contributed by atoms with Gasteiger partial charge < -0.3 is 4.98 Å². The van der Waals surface area contributed by atoms with E-state index in [1.54, 1.807) is 6.33 Å². The van der Waals surface area contributed by atoms with Crippen LogP contribution < -0.4 is 0 Å². The largest absolute Gasteiger partial charge is 0.345 e. The first-order chi connectivity index (χ1) is 13.3. The summed E-state index contributed by atoms with van der Waals surface area (Å²) in [5.74, 6) is 0.467. The van der Waals surface area contributed by atoms with Gasteiger partial charge in [0.1, 0.15) is 12.0 Å². The summed E-state index contributed by atoms with van der Waals surface area (Å²) in [6, 6.07) is 10.3. The minimum Gasteiger partial charge on any atom is -0.345 e. The van der Waals surface area contributed by atoms with Gasteiger partial charge in [-0.15, -0.1) is 0 Å². The SMILES string of the molecule is C=CC(=O)CC1CCCC=C(c2ncnc3[nH]cc(-c4ccccc4)c23)C1. The van der Waals surface area contributed by atoms with E-state index in [1.807, 2.05) is 24.4 Å². The van der Waals surface area contributed by atoms with Crippen molar-refractivity contribution in [3.05, 3.63) is 67.3 Å². The maximum absolute atomic E-state index is 11.9. The normalized spacial score (nSPS) is 17.3. The lowest BCUT2D eigenvalue weighted by atomic mass is 9.90. The van der Waals surface area contributed by atoms with Crippen molar-refractivity contribution in [1.82, 2.24) is 15.0 Å². The zero-order chi connectivity index (χ0) is 18.6. The Morgan fingerprint density at radius 1 is 1.26 bits per heavy atom. The molecule has 0 saturated heterocycles. The molecule has 0 fully saturated rings. The number of carbonyl (C=O) groups is 1. The summed E-state index contributed by atoms with van der Waals surface area (Å²) < 4.78 is 0. The fourth-order valence-electron chi connectivity index (χ4n) is 3.97. The summed E-state index contributed by atoms with van der Waals surface area (Å²) >= 11 is 0. The van der Waals surface area contributed by atoms with Gasteiger partial charge in [0.2, 0.25) is 0 Å². The first kappa shape index (κ1) is 17.4. The predicted octanol–water partition coefficient (Wildman–Crippen LogP) is 5.34. The molecule has 1 unspecified atom stereocenters. The molecule has 3 aromatic rings. The molecule has 27 heavy (non-hydrogen) atoms. The molecular formula is C23H23N3O. The Morgan fingerprint density at radius 3 is 2.93 bits per heavy atom. The van der Waals surface area contributed by atoms with Crippen LogP contribution >= 0.6 is 0 Å². The second kappa shape index (κ2) is 7.70. The third-order valence-corrected chi connectivity index (χ3v) is 5.29. The molecule has 4 rings (SSSR count). The lowest BCUT2D eigenvalue weighted by molar-refractivity contribution is -0.115. The number of aromatic amines is 1. The van der Waals surface area contributed by atoms with Crippen LogP contribution in [0.1, 0.15) is 37.8 Å². The van der Waals surface area contributed by atoms with E-state index in [0.717, 1.165) is 53.5 Å². The highest BCUT2D eigenvalue weighted by molar-refractivity contribution is 6.00. The molecule has 1 aromatic carbocycles. The van der Waals surface area contributed by atoms with Gasteiger partial charge >= 0.3 is 0 Å². The summed E-state index contributed by atoms with van der Waals surface area (Å²) in [6.45, 7) is 3.62. The molecule has 2 aromatic heterocycles. The van der Waals surface area contributed by atoms with Crippen molar-refractivity contribution >= 4 is 22.4 Å². The Balaban J connectivity index is 1.76. The summed E-state index contributed by atoms with van der Waals surface area (Å²) in [4.78, 5) is 24.3. The molecule has 0 radical (unpaired) electrons. The molecule has 4 heteroatoms. The molecule has 1 atom stereocenters. The number of aromatic nitrogens is 3. The van der Waals surface area contributed by atoms with Crippen LogP contribution in [0.2, 0.25) is 0 Å². The first-order valence-corrected chi connectivity index (χ1v) is 9.48. The number of nitrogens with zero attached hydrogens (tertiary/aromatic N) is 2. The zero-order valence-electron chi connectivity index (χ0n) is 15.3. The number of hydrogen-bond donors (Lipinski definition) is 1. The predicted molar refractivity (Wildman–Crippen MR) is 109 cm³/mol.